The van der Waals surface area contributed by atoms with Crippen molar-refractivity contribution in [3.05, 3.63) is 0 Å². The van der Waals surface area contributed by atoms with Crippen molar-refractivity contribution < 1.29 is 122 Å². The van der Waals surface area contributed by atoms with E-state index in [0.29, 0.717) is 0 Å². The first-order valence-corrected chi connectivity index (χ1v) is 5.69. The van der Waals surface area contributed by atoms with Gasteiger partial charge in [-0.3, -0.25) is 0 Å². The van der Waals surface area contributed by atoms with E-state index in [1.807, 2.05) is 0 Å². The number of halogens is 3. The van der Waals surface area contributed by atoms with E-state index < -0.39 is 30.7 Å². The van der Waals surface area contributed by atoms with Crippen LogP contribution < -0.4 is 41.9 Å². The van der Waals surface area contributed by atoms with E-state index in [4.69, 9.17) is 55.9 Å². The van der Waals surface area contributed by atoms with Gasteiger partial charge in [0.25, 0.3) is 0 Å². The zero-order chi connectivity index (χ0) is 13.5. The Balaban J connectivity index is -0.0000000655. The van der Waals surface area contributed by atoms with Crippen LogP contribution in [0.4, 0.5) is 0 Å². The standard InChI is InChI=1S/3ClHO4.La/c3*2-1(3,4)5;/h3*(H,2,3,4,5);. The Morgan fingerprint density at radius 2 is 0.438 bits per heavy atom. The second kappa shape index (κ2) is 10.5. The third-order valence-corrected chi connectivity index (χ3v) is 0. The summed E-state index contributed by atoms with van der Waals surface area (Å²) in [5.74, 6) is 0. The molecule has 0 aromatic rings. The first-order chi connectivity index (χ1) is 6.00. The molecule has 1 radical (unpaired) electrons. The van der Waals surface area contributed by atoms with Gasteiger partial charge in [0.1, 0.15) is 0 Å². The fourth-order valence-electron chi connectivity index (χ4n) is 0. The van der Waals surface area contributed by atoms with Crippen LogP contribution in [0.3, 0.4) is 0 Å². The SMILES string of the molecule is [La].[O-][Cl+3]([O-])([O-])O.[O-][Cl+3]([O-])([O-])O.[O-][Cl+3]([O-])([O-])O. The minimum Gasteiger partial charge on any atom is -0.183 e. The van der Waals surface area contributed by atoms with Crippen LogP contribution in [0, 0.1) is 66.3 Å². The molecule has 12 nitrogen and oxygen atoms in total. The van der Waals surface area contributed by atoms with Crippen molar-refractivity contribution in [2.45, 2.75) is 0 Å². The van der Waals surface area contributed by atoms with Crippen molar-refractivity contribution in [3.63, 3.8) is 0 Å². The van der Waals surface area contributed by atoms with Crippen LogP contribution in [0.2, 0.25) is 0 Å². The van der Waals surface area contributed by atoms with Gasteiger partial charge in [0, 0.05) is 35.6 Å². The van der Waals surface area contributed by atoms with Crippen molar-refractivity contribution in [2.75, 3.05) is 0 Å². The number of rotatable bonds is 0. The molecule has 0 saturated carbocycles. The average molecular weight is 440 g/mol. The van der Waals surface area contributed by atoms with Gasteiger partial charge in [-0.05, 0) is 0 Å². The van der Waals surface area contributed by atoms with Crippen molar-refractivity contribution in [3.8, 4) is 0 Å². The molecular weight excluding hydrogens is 437 g/mol. The van der Waals surface area contributed by atoms with E-state index >= 15 is 0 Å². The molecule has 0 aromatic heterocycles. The van der Waals surface area contributed by atoms with Crippen molar-refractivity contribution in [1.82, 2.24) is 0 Å². The second-order valence-corrected chi connectivity index (χ2v) is 3.56. The summed E-state index contributed by atoms with van der Waals surface area (Å²) in [6, 6.07) is 0. The molecule has 99 valence electrons. The molecule has 0 aliphatic carbocycles. The number of hydrogen-bond donors (Lipinski definition) is 3. The predicted molar refractivity (Wildman–Crippen MR) is 6.66 cm³/mol. The van der Waals surface area contributed by atoms with Crippen molar-refractivity contribution in [1.29, 1.82) is 0 Å². The predicted octanol–water partition coefficient (Wildman–Crippen LogP) is -12.4. The fraction of sp³-hybridized carbons (Fsp3) is 0. The molecule has 0 heterocycles. The molecule has 16 heteroatoms. The molecule has 3 N–H and O–H groups in total. The summed E-state index contributed by atoms with van der Waals surface area (Å²) in [5, 5.41) is 0. The minimum atomic E-state index is -4.69. The average Bonchev–Trinajstić information content (AvgIpc) is 1.41. The van der Waals surface area contributed by atoms with Crippen LogP contribution in [-0.4, -0.2) is 14.0 Å². The van der Waals surface area contributed by atoms with Crippen LogP contribution >= 0.6 is 0 Å². The smallest absolute Gasteiger partial charge is 0.0777 e. The third-order valence-electron chi connectivity index (χ3n) is 0. The van der Waals surface area contributed by atoms with E-state index in [9.17, 15) is 0 Å². The maximum absolute atomic E-state index is 8.60. The van der Waals surface area contributed by atoms with Crippen molar-refractivity contribution >= 4 is 0 Å². The maximum Gasteiger partial charge on any atom is 0.0777 e. The van der Waals surface area contributed by atoms with E-state index in [1.165, 1.54) is 0 Å². The van der Waals surface area contributed by atoms with Gasteiger partial charge < -0.3 is 0 Å². The zero-order valence-electron chi connectivity index (χ0n) is 6.73. The topological polar surface area (TPSA) is 268 Å². The Hall–Kier alpha value is 1.58. The van der Waals surface area contributed by atoms with Gasteiger partial charge in [-0.15, -0.1) is 0 Å². The molecule has 0 rings (SSSR count). The fourth-order valence-corrected chi connectivity index (χ4v) is 0. The van der Waals surface area contributed by atoms with Gasteiger partial charge in [-0.1, -0.05) is 0 Å². The van der Waals surface area contributed by atoms with E-state index in [1.54, 1.807) is 0 Å². The van der Waals surface area contributed by atoms with Crippen LogP contribution in [0.5, 0.6) is 0 Å². The molecule has 16 heavy (non-hydrogen) atoms. The van der Waals surface area contributed by atoms with E-state index in [2.05, 4.69) is 0 Å². The third kappa shape index (κ3) is 1320. The molecule has 0 atom stereocenters. The van der Waals surface area contributed by atoms with Crippen LogP contribution in [-0.2, 0) is 0 Å². The first kappa shape index (κ1) is 26.2. The molecule has 0 unspecified atom stereocenters. The Labute approximate surface area is 121 Å². The minimum absolute atomic E-state index is 0. The molecule has 0 fully saturated rings. The molecule has 0 spiro atoms. The molecule has 0 aliphatic heterocycles. The second-order valence-electron chi connectivity index (χ2n) is 1.19. The van der Waals surface area contributed by atoms with Crippen LogP contribution in [0.1, 0.15) is 0 Å². The Morgan fingerprint density at radius 3 is 0.438 bits per heavy atom. The summed E-state index contributed by atoms with van der Waals surface area (Å²) in [5.41, 5.74) is 0. The van der Waals surface area contributed by atoms with Gasteiger partial charge in [0.2, 0.25) is 0 Å². The van der Waals surface area contributed by atoms with Gasteiger partial charge in [0.15, 0.2) is 0 Å². The summed E-state index contributed by atoms with van der Waals surface area (Å²) in [4.78, 5) is 0. The van der Waals surface area contributed by atoms with E-state index in [-0.39, 0.29) is 35.6 Å². The monoisotopic (exact) mass is 439 g/mol. The van der Waals surface area contributed by atoms with Crippen molar-refractivity contribution in [2.24, 2.45) is 0 Å². The molecule has 0 aromatic carbocycles. The quantitative estimate of drug-likeness (QED) is 0.317. The molecule has 0 aliphatic rings. The van der Waals surface area contributed by atoms with Gasteiger partial charge in [-0.25, -0.2) is 0 Å². The summed E-state index contributed by atoms with van der Waals surface area (Å²) >= 11 is 0. The summed E-state index contributed by atoms with van der Waals surface area (Å²) in [7, 11) is -14.1. The maximum atomic E-state index is 8.60. The normalized spacial score (nSPS) is 11.2. The summed E-state index contributed by atoms with van der Waals surface area (Å²) in [6.07, 6.45) is 0. The molecular formula is H3Cl3LaO12. The van der Waals surface area contributed by atoms with Crippen LogP contribution in [0.25, 0.3) is 0 Å². The summed E-state index contributed by atoms with van der Waals surface area (Å²) in [6.45, 7) is 0. The zero-order valence-corrected chi connectivity index (χ0v) is 12.6. The van der Waals surface area contributed by atoms with E-state index in [0.717, 1.165) is 0 Å². The molecule has 0 saturated heterocycles. The summed E-state index contributed by atoms with van der Waals surface area (Å²) < 4.78 is 98.2. The van der Waals surface area contributed by atoms with Gasteiger partial charge in [-0.2, -0.15) is 41.9 Å². The van der Waals surface area contributed by atoms with Crippen LogP contribution in [0.15, 0.2) is 0 Å². The largest absolute Gasteiger partial charge is 0.183 e. The van der Waals surface area contributed by atoms with Gasteiger partial charge >= 0.3 is 0 Å². The first-order valence-electron chi connectivity index (χ1n) is 1.90. The van der Waals surface area contributed by atoms with Gasteiger partial charge in [0.05, 0.1) is 44.7 Å². The number of hydrogen-bond acceptors (Lipinski definition) is 12. The molecule has 0 bridgehead atoms. The Kier molecular flexibility index (Phi) is 17.2. The Bertz CT molecular complexity index is 91.3. The Morgan fingerprint density at radius 1 is 0.438 bits per heavy atom. The molecule has 0 amide bonds.